The fourth-order valence-electron chi connectivity index (χ4n) is 1.95. The predicted molar refractivity (Wildman–Crippen MR) is 82.9 cm³/mol. The van der Waals surface area contributed by atoms with Gasteiger partial charge < -0.3 is 9.88 Å². The standard InChI is InChI=1S/C14H18N4O3S/c1-22(20,21)17-7-6-14(19)16-10-12-4-2-3-5-13(12)18-9-8-15-11-18/h2-5,8-9,11,17H,6-7,10H2,1H3,(H,16,19). The number of hydrogen-bond donors (Lipinski definition) is 2. The average Bonchev–Trinajstić information content (AvgIpc) is 2.98. The van der Waals surface area contributed by atoms with Gasteiger partial charge in [-0.2, -0.15) is 0 Å². The van der Waals surface area contributed by atoms with Gasteiger partial charge in [-0.25, -0.2) is 18.1 Å². The highest BCUT2D eigenvalue weighted by Gasteiger charge is 2.07. The molecule has 7 nitrogen and oxygen atoms in total. The summed E-state index contributed by atoms with van der Waals surface area (Å²) in [5.74, 6) is -0.211. The maximum atomic E-state index is 11.7. The van der Waals surface area contributed by atoms with Gasteiger partial charge in [0.05, 0.1) is 18.3 Å². The van der Waals surface area contributed by atoms with Crippen molar-refractivity contribution >= 4 is 15.9 Å². The van der Waals surface area contributed by atoms with E-state index in [1.165, 1.54) is 0 Å². The molecule has 1 heterocycles. The summed E-state index contributed by atoms with van der Waals surface area (Å²) < 4.78 is 26.0. The molecule has 118 valence electrons. The van der Waals surface area contributed by atoms with Crippen LogP contribution in [-0.4, -0.2) is 36.7 Å². The first-order valence-electron chi connectivity index (χ1n) is 6.73. The molecule has 2 rings (SSSR count). The lowest BCUT2D eigenvalue weighted by atomic mass is 10.1. The summed E-state index contributed by atoms with van der Waals surface area (Å²) >= 11 is 0. The second-order valence-corrected chi connectivity index (χ2v) is 6.62. The molecule has 0 spiro atoms. The minimum Gasteiger partial charge on any atom is -0.352 e. The molecule has 1 amide bonds. The Morgan fingerprint density at radius 3 is 2.77 bits per heavy atom. The third-order valence-electron chi connectivity index (χ3n) is 2.97. The van der Waals surface area contributed by atoms with Crippen LogP contribution in [0.15, 0.2) is 43.0 Å². The van der Waals surface area contributed by atoms with Crippen LogP contribution in [0.5, 0.6) is 0 Å². The zero-order valence-corrected chi connectivity index (χ0v) is 13.0. The number of imidazole rings is 1. The number of nitrogens with zero attached hydrogens (tertiary/aromatic N) is 2. The molecule has 0 saturated heterocycles. The highest BCUT2D eigenvalue weighted by atomic mass is 32.2. The topological polar surface area (TPSA) is 93.1 Å². The fourth-order valence-corrected chi connectivity index (χ4v) is 2.42. The number of carbonyl (C=O) groups excluding carboxylic acids is 1. The van der Waals surface area contributed by atoms with Gasteiger partial charge in [-0.05, 0) is 11.6 Å². The number of benzene rings is 1. The Balaban J connectivity index is 1.91. The summed E-state index contributed by atoms with van der Waals surface area (Å²) in [5, 5.41) is 2.78. The molecule has 0 bridgehead atoms. The van der Waals surface area contributed by atoms with Gasteiger partial charge in [-0.15, -0.1) is 0 Å². The molecule has 0 fully saturated rings. The monoisotopic (exact) mass is 322 g/mol. The first-order valence-corrected chi connectivity index (χ1v) is 8.62. The van der Waals surface area contributed by atoms with Crippen LogP contribution in [0, 0.1) is 0 Å². The normalized spacial score (nSPS) is 11.3. The van der Waals surface area contributed by atoms with Gasteiger partial charge in [-0.3, -0.25) is 4.79 Å². The lowest BCUT2D eigenvalue weighted by Gasteiger charge is -2.11. The molecule has 2 aromatic rings. The van der Waals surface area contributed by atoms with Crippen molar-refractivity contribution in [3.8, 4) is 5.69 Å². The average molecular weight is 322 g/mol. The number of sulfonamides is 1. The Hall–Kier alpha value is -2.19. The number of para-hydroxylation sites is 1. The Morgan fingerprint density at radius 2 is 2.09 bits per heavy atom. The van der Waals surface area contributed by atoms with E-state index in [4.69, 9.17) is 0 Å². The van der Waals surface area contributed by atoms with Crippen LogP contribution in [0.25, 0.3) is 5.69 Å². The van der Waals surface area contributed by atoms with E-state index in [2.05, 4.69) is 15.0 Å². The number of aromatic nitrogens is 2. The summed E-state index contributed by atoms with van der Waals surface area (Å²) in [7, 11) is -3.26. The van der Waals surface area contributed by atoms with Gasteiger partial charge in [0.2, 0.25) is 15.9 Å². The van der Waals surface area contributed by atoms with E-state index in [0.29, 0.717) is 6.54 Å². The molecule has 22 heavy (non-hydrogen) atoms. The molecule has 0 aliphatic rings. The first kappa shape index (κ1) is 16.2. The minimum absolute atomic E-state index is 0.0911. The van der Waals surface area contributed by atoms with E-state index in [0.717, 1.165) is 17.5 Å². The Morgan fingerprint density at radius 1 is 1.32 bits per heavy atom. The summed E-state index contributed by atoms with van der Waals surface area (Å²) in [6.45, 7) is 0.458. The van der Waals surface area contributed by atoms with E-state index in [-0.39, 0.29) is 18.9 Å². The number of carbonyl (C=O) groups is 1. The molecular weight excluding hydrogens is 304 g/mol. The highest BCUT2D eigenvalue weighted by molar-refractivity contribution is 7.88. The second kappa shape index (κ2) is 7.19. The van der Waals surface area contributed by atoms with Crippen molar-refractivity contribution in [1.82, 2.24) is 19.6 Å². The van der Waals surface area contributed by atoms with Gasteiger partial charge in [0, 0.05) is 31.9 Å². The maximum Gasteiger partial charge on any atom is 0.221 e. The van der Waals surface area contributed by atoms with Crippen LogP contribution in [0.1, 0.15) is 12.0 Å². The third kappa shape index (κ3) is 4.97. The molecule has 0 aliphatic carbocycles. The summed E-state index contributed by atoms with van der Waals surface area (Å²) in [6.07, 6.45) is 6.37. The zero-order chi connectivity index (χ0) is 16.0. The van der Waals surface area contributed by atoms with Crippen molar-refractivity contribution < 1.29 is 13.2 Å². The smallest absolute Gasteiger partial charge is 0.221 e. The SMILES string of the molecule is CS(=O)(=O)NCCC(=O)NCc1ccccc1-n1ccnc1. The molecule has 0 atom stereocenters. The third-order valence-corrected chi connectivity index (χ3v) is 3.70. The van der Waals surface area contributed by atoms with Crippen molar-refractivity contribution in [2.24, 2.45) is 0 Å². The Labute approximate surface area is 129 Å². The predicted octanol–water partition coefficient (Wildman–Crippen LogP) is 0.428. The number of rotatable bonds is 7. The maximum absolute atomic E-state index is 11.7. The number of amides is 1. The molecule has 1 aromatic carbocycles. The molecule has 0 unspecified atom stereocenters. The van der Waals surface area contributed by atoms with E-state index < -0.39 is 10.0 Å². The Bertz CT molecular complexity index is 726. The van der Waals surface area contributed by atoms with E-state index in [1.54, 1.807) is 12.5 Å². The fraction of sp³-hybridized carbons (Fsp3) is 0.286. The van der Waals surface area contributed by atoms with Crippen LogP contribution in [0.2, 0.25) is 0 Å². The molecule has 8 heteroatoms. The van der Waals surface area contributed by atoms with Crippen molar-refractivity contribution in [3.63, 3.8) is 0 Å². The van der Waals surface area contributed by atoms with Gasteiger partial charge in [0.25, 0.3) is 0 Å². The zero-order valence-electron chi connectivity index (χ0n) is 12.2. The minimum atomic E-state index is -3.26. The molecule has 2 N–H and O–H groups in total. The lowest BCUT2D eigenvalue weighted by Crippen LogP contribution is -2.30. The van der Waals surface area contributed by atoms with Gasteiger partial charge in [0.1, 0.15) is 0 Å². The van der Waals surface area contributed by atoms with Crippen LogP contribution in [0.4, 0.5) is 0 Å². The van der Waals surface area contributed by atoms with Gasteiger partial charge in [0.15, 0.2) is 0 Å². The van der Waals surface area contributed by atoms with Gasteiger partial charge >= 0.3 is 0 Å². The van der Waals surface area contributed by atoms with E-state index in [1.807, 2.05) is 35.0 Å². The second-order valence-electron chi connectivity index (χ2n) is 4.79. The van der Waals surface area contributed by atoms with Crippen LogP contribution < -0.4 is 10.0 Å². The van der Waals surface area contributed by atoms with Crippen molar-refractivity contribution in [2.75, 3.05) is 12.8 Å². The Kier molecular flexibility index (Phi) is 5.29. The van der Waals surface area contributed by atoms with Crippen LogP contribution >= 0.6 is 0 Å². The van der Waals surface area contributed by atoms with E-state index in [9.17, 15) is 13.2 Å². The summed E-state index contributed by atoms with van der Waals surface area (Å²) in [5.41, 5.74) is 1.89. The molecular formula is C14H18N4O3S. The molecule has 0 radical (unpaired) electrons. The highest BCUT2D eigenvalue weighted by Crippen LogP contribution is 2.13. The molecule has 0 aliphatic heterocycles. The van der Waals surface area contributed by atoms with Crippen LogP contribution in [0.3, 0.4) is 0 Å². The van der Waals surface area contributed by atoms with Crippen molar-refractivity contribution in [3.05, 3.63) is 48.5 Å². The number of nitrogens with one attached hydrogen (secondary N) is 2. The van der Waals surface area contributed by atoms with Crippen molar-refractivity contribution in [2.45, 2.75) is 13.0 Å². The summed E-state index contributed by atoms with van der Waals surface area (Å²) in [4.78, 5) is 15.7. The first-order chi connectivity index (χ1) is 10.5. The molecule has 0 saturated carbocycles. The largest absolute Gasteiger partial charge is 0.352 e. The molecule has 1 aromatic heterocycles. The van der Waals surface area contributed by atoms with Gasteiger partial charge in [-0.1, -0.05) is 18.2 Å². The van der Waals surface area contributed by atoms with Crippen molar-refractivity contribution in [1.29, 1.82) is 0 Å². The summed E-state index contributed by atoms with van der Waals surface area (Å²) in [6, 6.07) is 7.67. The van der Waals surface area contributed by atoms with Crippen LogP contribution in [-0.2, 0) is 21.4 Å². The lowest BCUT2D eigenvalue weighted by molar-refractivity contribution is -0.121. The van der Waals surface area contributed by atoms with E-state index >= 15 is 0 Å². The number of hydrogen-bond acceptors (Lipinski definition) is 4. The quantitative estimate of drug-likeness (QED) is 0.773.